The number of benzene rings is 1. The zero-order valence-corrected chi connectivity index (χ0v) is 14.6. The predicted molar refractivity (Wildman–Crippen MR) is 97.0 cm³/mol. The van der Waals surface area contributed by atoms with Gasteiger partial charge in [0, 0.05) is 26.7 Å². The third-order valence-electron chi connectivity index (χ3n) is 5.35. The zero-order valence-electron chi connectivity index (χ0n) is 14.6. The van der Waals surface area contributed by atoms with E-state index < -0.39 is 0 Å². The van der Waals surface area contributed by atoms with E-state index in [1.54, 1.807) is 7.05 Å². The fourth-order valence-electron chi connectivity index (χ4n) is 3.75. The Morgan fingerprint density at radius 3 is 2.62 bits per heavy atom. The Labute approximate surface area is 144 Å². The van der Waals surface area contributed by atoms with Crippen LogP contribution in [-0.4, -0.2) is 50.0 Å². The molecule has 3 rings (SSSR count). The standard InChI is InChI=1S/C19H28N4O/c1-20-18(23-13-11-19(15-23)9-5-10-19)22-14-17(24)21-12-8-16-6-3-2-4-7-16/h2-4,6-7H,5,8-15H2,1H3,(H,20,22)(H,21,24). The molecule has 1 heterocycles. The first kappa shape index (κ1) is 16.8. The highest BCUT2D eigenvalue weighted by molar-refractivity contribution is 5.86. The fourth-order valence-corrected chi connectivity index (χ4v) is 3.75. The molecule has 2 fully saturated rings. The molecule has 1 aromatic carbocycles. The van der Waals surface area contributed by atoms with Crippen LogP contribution in [0.5, 0.6) is 0 Å². The van der Waals surface area contributed by atoms with Crippen molar-refractivity contribution in [2.24, 2.45) is 10.4 Å². The summed E-state index contributed by atoms with van der Waals surface area (Å²) in [4.78, 5) is 18.7. The number of nitrogens with zero attached hydrogens (tertiary/aromatic N) is 2. The summed E-state index contributed by atoms with van der Waals surface area (Å²) in [6.07, 6.45) is 6.18. The van der Waals surface area contributed by atoms with E-state index in [9.17, 15) is 4.79 Å². The number of guanidine groups is 1. The third-order valence-corrected chi connectivity index (χ3v) is 5.35. The molecule has 24 heavy (non-hydrogen) atoms. The van der Waals surface area contributed by atoms with Gasteiger partial charge in [-0.2, -0.15) is 0 Å². The van der Waals surface area contributed by atoms with Crippen LogP contribution >= 0.6 is 0 Å². The Hall–Kier alpha value is -2.04. The average Bonchev–Trinajstić information content (AvgIpc) is 3.02. The SMILES string of the molecule is CN=C(NCC(=O)NCCc1ccccc1)N1CCC2(CCC2)C1. The number of carbonyl (C=O) groups is 1. The molecule has 1 aliphatic heterocycles. The van der Waals surface area contributed by atoms with Crippen molar-refractivity contribution in [2.45, 2.75) is 32.1 Å². The van der Waals surface area contributed by atoms with E-state index in [1.807, 2.05) is 18.2 Å². The molecule has 2 aliphatic rings. The van der Waals surface area contributed by atoms with Gasteiger partial charge in [0.1, 0.15) is 0 Å². The summed E-state index contributed by atoms with van der Waals surface area (Å²) in [7, 11) is 1.79. The van der Waals surface area contributed by atoms with E-state index in [-0.39, 0.29) is 12.5 Å². The number of amides is 1. The first-order valence-corrected chi connectivity index (χ1v) is 8.97. The highest BCUT2D eigenvalue weighted by atomic mass is 16.1. The molecule has 1 spiro atoms. The number of aliphatic imine (C=N–C) groups is 1. The summed E-state index contributed by atoms with van der Waals surface area (Å²) < 4.78 is 0. The van der Waals surface area contributed by atoms with Gasteiger partial charge in [0.2, 0.25) is 5.91 Å². The van der Waals surface area contributed by atoms with Gasteiger partial charge in [0.05, 0.1) is 6.54 Å². The lowest BCUT2D eigenvalue weighted by Gasteiger charge is -2.38. The molecule has 1 saturated carbocycles. The lowest BCUT2D eigenvalue weighted by molar-refractivity contribution is -0.120. The fraction of sp³-hybridized carbons (Fsp3) is 0.579. The number of hydrogen-bond acceptors (Lipinski definition) is 2. The smallest absolute Gasteiger partial charge is 0.239 e. The van der Waals surface area contributed by atoms with Crippen molar-refractivity contribution in [1.82, 2.24) is 15.5 Å². The molecule has 0 radical (unpaired) electrons. The molecule has 1 amide bonds. The van der Waals surface area contributed by atoms with Gasteiger partial charge in [-0.15, -0.1) is 0 Å². The summed E-state index contributed by atoms with van der Waals surface area (Å²) in [6.45, 7) is 3.08. The molecule has 1 aliphatic carbocycles. The van der Waals surface area contributed by atoms with Crippen LogP contribution in [0.4, 0.5) is 0 Å². The summed E-state index contributed by atoms with van der Waals surface area (Å²) in [6, 6.07) is 10.2. The van der Waals surface area contributed by atoms with E-state index >= 15 is 0 Å². The van der Waals surface area contributed by atoms with Gasteiger partial charge in [0.15, 0.2) is 5.96 Å². The molecule has 0 unspecified atom stereocenters. The maximum Gasteiger partial charge on any atom is 0.239 e. The van der Waals surface area contributed by atoms with E-state index in [0.29, 0.717) is 12.0 Å². The van der Waals surface area contributed by atoms with Crippen molar-refractivity contribution in [1.29, 1.82) is 0 Å². The summed E-state index contributed by atoms with van der Waals surface area (Å²) in [5.74, 6) is 0.876. The topological polar surface area (TPSA) is 56.7 Å². The average molecular weight is 328 g/mol. The van der Waals surface area contributed by atoms with Crippen LogP contribution in [0.3, 0.4) is 0 Å². The Balaban J connectivity index is 1.37. The molecule has 130 valence electrons. The van der Waals surface area contributed by atoms with Crippen molar-refractivity contribution in [3.05, 3.63) is 35.9 Å². The lowest BCUT2D eigenvalue weighted by atomic mass is 9.68. The van der Waals surface area contributed by atoms with Crippen molar-refractivity contribution in [2.75, 3.05) is 33.2 Å². The van der Waals surface area contributed by atoms with Crippen LogP contribution in [0, 0.1) is 5.41 Å². The Kier molecular flexibility index (Phi) is 5.38. The van der Waals surface area contributed by atoms with Gasteiger partial charge in [-0.3, -0.25) is 9.79 Å². The van der Waals surface area contributed by atoms with Gasteiger partial charge in [-0.25, -0.2) is 0 Å². The van der Waals surface area contributed by atoms with Crippen molar-refractivity contribution in [3.63, 3.8) is 0 Å². The summed E-state index contributed by atoms with van der Waals surface area (Å²) in [5, 5.41) is 6.17. The highest BCUT2D eigenvalue weighted by Gasteiger charge is 2.43. The van der Waals surface area contributed by atoms with Gasteiger partial charge < -0.3 is 15.5 Å². The minimum atomic E-state index is 0.0182. The molecule has 5 nitrogen and oxygen atoms in total. The number of carbonyl (C=O) groups excluding carboxylic acids is 1. The molecular formula is C19H28N4O. The van der Waals surface area contributed by atoms with Crippen LogP contribution in [0.25, 0.3) is 0 Å². The second-order valence-corrected chi connectivity index (χ2v) is 7.01. The van der Waals surface area contributed by atoms with Gasteiger partial charge in [0.25, 0.3) is 0 Å². The monoisotopic (exact) mass is 328 g/mol. The largest absolute Gasteiger partial charge is 0.354 e. The maximum atomic E-state index is 12.0. The van der Waals surface area contributed by atoms with Crippen molar-refractivity contribution in [3.8, 4) is 0 Å². The maximum absolute atomic E-state index is 12.0. The molecule has 5 heteroatoms. The molecule has 2 N–H and O–H groups in total. The highest BCUT2D eigenvalue weighted by Crippen LogP contribution is 2.47. The molecule has 1 aromatic rings. The molecule has 0 bridgehead atoms. The van der Waals surface area contributed by atoms with E-state index in [2.05, 4.69) is 32.7 Å². The van der Waals surface area contributed by atoms with E-state index in [4.69, 9.17) is 0 Å². The molecule has 1 saturated heterocycles. The number of nitrogens with one attached hydrogen (secondary N) is 2. The first-order chi connectivity index (χ1) is 11.7. The molecular weight excluding hydrogens is 300 g/mol. The normalized spacial score (nSPS) is 19.2. The van der Waals surface area contributed by atoms with Crippen LogP contribution in [-0.2, 0) is 11.2 Å². The number of likely N-dealkylation sites (tertiary alicyclic amines) is 1. The van der Waals surface area contributed by atoms with E-state index in [1.165, 1.54) is 31.2 Å². The second kappa shape index (κ2) is 7.69. The van der Waals surface area contributed by atoms with Crippen molar-refractivity contribution < 1.29 is 4.79 Å². The van der Waals surface area contributed by atoms with Gasteiger partial charge in [-0.05, 0) is 36.7 Å². The van der Waals surface area contributed by atoms with Crippen LogP contribution in [0.15, 0.2) is 35.3 Å². The van der Waals surface area contributed by atoms with Crippen LogP contribution in [0.1, 0.15) is 31.2 Å². The van der Waals surface area contributed by atoms with Crippen molar-refractivity contribution >= 4 is 11.9 Å². The predicted octanol–water partition coefficient (Wildman–Crippen LogP) is 1.80. The lowest BCUT2D eigenvalue weighted by Crippen LogP contribution is -2.46. The summed E-state index contributed by atoms with van der Waals surface area (Å²) in [5.41, 5.74) is 1.78. The Morgan fingerprint density at radius 1 is 1.21 bits per heavy atom. The Bertz CT molecular complexity index is 580. The second-order valence-electron chi connectivity index (χ2n) is 7.01. The third kappa shape index (κ3) is 4.08. The van der Waals surface area contributed by atoms with Gasteiger partial charge >= 0.3 is 0 Å². The summed E-state index contributed by atoms with van der Waals surface area (Å²) >= 11 is 0. The van der Waals surface area contributed by atoms with Crippen LogP contribution < -0.4 is 10.6 Å². The molecule has 0 atom stereocenters. The Morgan fingerprint density at radius 2 is 2.00 bits per heavy atom. The quantitative estimate of drug-likeness (QED) is 0.640. The number of rotatable bonds is 5. The minimum Gasteiger partial charge on any atom is -0.354 e. The van der Waals surface area contributed by atoms with E-state index in [0.717, 1.165) is 25.5 Å². The van der Waals surface area contributed by atoms with Gasteiger partial charge in [-0.1, -0.05) is 36.8 Å². The first-order valence-electron chi connectivity index (χ1n) is 8.97. The van der Waals surface area contributed by atoms with Crippen LogP contribution in [0.2, 0.25) is 0 Å². The zero-order chi connectivity index (χ0) is 16.8. The molecule has 0 aromatic heterocycles. The minimum absolute atomic E-state index is 0.0182. The number of hydrogen-bond donors (Lipinski definition) is 2.